The van der Waals surface area contributed by atoms with E-state index < -0.39 is 22.4 Å². The quantitative estimate of drug-likeness (QED) is 0.394. The van der Waals surface area contributed by atoms with Crippen molar-refractivity contribution >= 4 is 22.6 Å². The summed E-state index contributed by atoms with van der Waals surface area (Å²) in [7, 11) is 0. The van der Waals surface area contributed by atoms with Crippen LogP contribution in [0.1, 0.15) is 32.6 Å². The minimum Gasteiger partial charge on any atom is -0.196 e. The van der Waals surface area contributed by atoms with Crippen LogP contribution in [-0.4, -0.2) is 16.0 Å². The van der Waals surface area contributed by atoms with Crippen molar-refractivity contribution in [1.82, 2.24) is 0 Å². The molecule has 0 N–H and O–H groups in total. The van der Waals surface area contributed by atoms with Gasteiger partial charge in [-0.05, 0) is 6.42 Å². The Morgan fingerprint density at radius 3 is 2.00 bits per heavy atom. The SMILES string of the molecule is CCCC[C@H](I)CC(F)(F)C(F)(F)F. The molecule has 0 aromatic heterocycles. The number of hydrogen-bond acceptors (Lipinski definition) is 0. The maximum atomic E-state index is 12.5. The first kappa shape index (κ1) is 14.4. The summed E-state index contributed by atoms with van der Waals surface area (Å²) in [4.78, 5) is 0. The Balaban J connectivity index is 4.08. The normalized spacial score (nSPS) is 15.6. The van der Waals surface area contributed by atoms with E-state index >= 15 is 0 Å². The molecule has 0 rings (SSSR count). The van der Waals surface area contributed by atoms with Crippen molar-refractivity contribution in [2.45, 2.75) is 48.6 Å². The molecule has 0 aliphatic rings. The highest BCUT2D eigenvalue weighted by Gasteiger charge is 2.57. The second kappa shape index (κ2) is 5.46. The van der Waals surface area contributed by atoms with Crippen LogP contribution in [0.2, 0.25) is 0 Å². The summed E-state index contributed by atoms with van der Waals surface area (Å²) in [5, 5.41) is 0. The van der Waals surface area contributed by atoms with Crippen LogP contribution in [0.25, 0.3) is 0 Å². The first-order valence-electron chi connectivity index (χ1n) is 4.29. The minimum absolute atomic E-state index is 0.405. The molecule has 6 heteroatoms. The van der Waals surface area contributed by atoms with Gasteiger partial charge in [0.25, 0.3) is 0 Å². The van der Waals surface area contributed by atoms with Crippen LogP contribution in [0.15, 0.2) is 0 Å². The lowest BCUT2D eigenvalue weighted by atomic mass is 10.1. The van der Waals surface area contributed by atoms with Gasteiger partial charge in [0.15, 0.2) is 0 Å². The third-order valence-corrected chi connectivity index (χ3v) is 2.83. The Bertz CT molecular complexity index is 166. The van der Waals surface area contributed by atoms with Crippen molar-refractivity contribution in [3.05, 3.63) is 0 Å². The highest BCUT2D eigenvalue weighted by Crippen LogP contribution is 2.40. The summed E-state index contributed by atoms with van der Waals surface area (Å²) in [6.07, 6.45) is -4.64. The minimum atomic E-state index is -5.41. The van der Waals surface area contributed by atoms with Crippen LogP contribution in [-0.2, 0) is 0 Å². The van der Waals surface area contributed by atoms with Crippen LogP contribution >= 0.6 is 22.6 Å². The largest absolute Gasteiger partial charge is 0.453 e. The fourth-order valence-electron chi connectivity index (χ4n) is 0.922. The molecule has 0 saturated carbocycles. The summed E-state index contributed by atoms with van der Waals surface area (Å²) in [6.45, 7) is 1.87. The van der Waals surface area contributed by atoms with Gasteiger partial charge in [-0.1, -0.05) is 42.4 Å². The molecule has 0 unspecified atom stereocenters. The third kappa shape index (κ3) is 4.75. The van der Waals surface area contributed by atoms with Crippen LogP contribution in [0, 0.1) is 0 Å². The molecule has 86 valence electrons. The van der Waals surface area contributed by atoms with Crippen LogP contribution < -0.4 is 0 Å². The van der Waals surface area contributed by atoms with E-state index in [2.05, 4.69) is 0 Å². The highest BCUT2D eigenvalue weighted by atomic mass is 127. The zero-order valence-electron chi connectivity index (χ0n) is 7.67. The predicted octanol–water partition coefficient (Wildman–Crippen LogP) is 4.57. The maximum Gasteiger partial charge on any atom is 0.453 e. The van der Waals surface area contributed by atoms with Crippen molar-refractivity contribution < 1.29 is 22.0 Å². The molecular formula is C8H12F5I. The maximum absolute atomic E-state index is 12.5. The van der Waals surface area contributed by atoms with E-state index in [1.54, 1.807) is 22.6 Å². The molecule has 1 atom stereocenters. The van der Waals surface area contributed by atoms with E-state index in [1.165, 1.54) is 0 Å². The molecule has 0 fully saturated rings. The van der Waals surface area contributed by atoms with E-state index in [9.17, 15) is 22.0 Å². The topological polar surface area (TPSA) is 0 Å². The number of halogens is 6. The molecule has 0 nitrogen and oxygen atoms in total. The highest BCUT2D eigenvalue weighted by molar-refractivity contribution is 14.1. The zero-order valence-corrected chi connectivity index (χ0v) is 9.83. The molecule has 0 heterocycles. The molecule has 0 saturated heterocycles. The predicted molar refractivity (Wildman–Crippen MR) is 53.0 cm³/mol. The lowest BCUT2D eigenvalue weighted by molar-refractivity contribution is -0.283. The molecule has 0 aliphatic heterocycles. The van der Waals surface area contributed by atoms with Gasteiger partial charge in [0.1, 0.15) is 0 Å². The fraction of sp³-hybridized carbons (Fsp3) is 1.00. The smallest absolute Gasteiger partial charge is 0.196 e. The summed E-state index contributed by atoms with van der Waals surface area (Å²) in [6, 6.07) is 0. The Morgan fingerprint density at radius 2 is 1.64 bits per heavy atom. The van der Waals surface area contributed by atoms with Gasteiger partial charge in [0.2, 0.25) is 0 Å². The second-order valence-electron chi connectivity index (χ2n) is 3.15. The monoisotopic (exact) mass is 330 g/mol. The number of unbranched alkanes of at least 4 members (excludes halogenated alkanes) is 1. The Labute approximate surface area is 93.4 Å². The second-order valence-corrected chi connectivity index (χ2v) is 4.91. The van der Waals surface area contributed by atoms with E-state index in [-0.39, 0.29) is 0 Å². The van der Waals surface area contributed by atoms with E-state index in [0.717, 1.165) is 6.42 Å². The average Bonchev–Trinajstić information content (AvgIpc) is 1.97. The zero-order chi connectivity index (χ0) is 11.4. The van der Waals surface area contributed by atoms with Gasteiger partial charge in [-0.25, -0.2) is 0 Å². The third-order valence-electron chi connectivity index (χ3n) is 1.76. The van der Waals surface area contributed by atoms with Crippen LogP contribution in [0.5, 0.6) is 0 Å². The lowest BCUT2D eigenvalue weighted by Gasteiger charge is -2.21. The molecule has 0 radical (unpaired) electrons. The fourth-order valence-corrected chi connectivity index (χ4v) is 1.92. The Kier molecular flexibility index (Phi) is 5.61. The number of alkyl halides is 6. The molecule has 0 aromatic carbocycles. The molecule has 0 aromatic rings. The average molecular weight is 330 g/mol. The molecule has 0 aliphatic carbocycles. The van der Waals surface area contributed by atoms with E-state index in [0.29, 0.717) is 12.8 Å². The van der Waals surface area contributed by atoms with E-state index in [4.69, 9.17) is 0 Å². The van der Waals surface area contributed by atoms with Crippen molar-refractivity contribution in [3.8, 4) is 0 Å². The summed E-state index contributed by atoms with van der Waals surface area (Å²) < 4.78 is 59.6. The van der Waals surface area contributed by atoms with Gasteiger partial charge in [-0.2, -0.15) is 22.0 Å². The van der Waals surface area contributed by atoms with Gasteiger partial charge < -0.3 is 0 Å². The molecule has 0 bridgehead atoms. The van der Waals surface area contributed by atoms with Gasteiger partial charge in [-0.15, -0.1) is 0 Å². The summed E-state index contributed by atoms with van der Waals surface area (Å²) >= 11 is 1.65. The molecule has 0 spiro atoms. The van der Waals surface area contributed by atoms with Crippen molar-refractivity contribution in [3.63, 3.8) is 0 Å². The lowest BCUT2D eigenvalue weighted by Crippen LogP contribution is -2.38. The van der Waals surface area contributed by atoms with E-state index in [1.807, 2.05) is 6.92 Å². The summed E-state index contributed by atoms with van der Waals surface area (Å²) in [5.74, 6) is -4.55. The molecule has 0 amide bonds. The summed E-state index contributed by atoms with van der Waals surface area (Å²) in [5.41, 5.74) is 0. The van der Waals surface area contributed by atoms with Gasteiger partial charge in [0, 0.05) is 10.3 Å². The van der Waals surface area contributed by atoms with Crippen molar-refractivity contribution in [1.29, 1.82) is 0 Å². The standard InChI is InChI=1S/C8H12F5I/c1-2-3-4-6(14)5-7(9,10)8(11,12)13/h6H,2-5H2,1H3/t6-/m0/s1. The van der Waals surface area contributed by atoms with Crippen LogP contribution in [0.4, 0.5) is 22.0 Å². The number of rotatable bonds is 5. The van der Waals surface area contributed by atoms with Crippen LogP contribution in [0.3, 0.4) is 0 Å². The van der Waals surface area contributed by atoms with Gasteiger partial charge in [0.05, 0.1) is 0 Å². The first-order valence-corrected chi connectivity index (χ1v) is 5.54. The Hall–Kier alpha value is 0.380. The van der Waals surface area contributed by atoms with Crippen molar-refractivity contribution in [2.24, 2.45) is 0 Å². The van der Waals surface area contributed by atoms with Gasteiger partial charge in [-0.3, -0.25) is 0 Å². The van der Waals surface area contributed by atoms with Crippen molar-refractivity contribution in [2.75, 3.05) is 0 Å². The van der Waals surface area contributed by atoms with Gasteiger partial charge >= 0.3 is 12.1 Å². The first-order chi connectivity index (χ1) is 6.20. The number of hydrogen-bond donors (Lipinski definition) is 0. The molecular weight excluding hydrogens is 318 g/mol. The molecule has 14 heavy (non-hydrogen) atoms. The Morgan fingerprint density at radius 1 is 1.14 bits per heavy atom.